The van der Waals surface area contributed by atoms with Crippen molar-refractivity contribution in [1.29, 1.82) is 0 Å². The van der Waals surface area contributed by atoms with Crippen LogP contribution < -0.4 is 5.73 Å². The van der Waals surface area contributed by atoms with E-state index >= 15 is 0 Å². The van der Waals surface area contributed by atoms with E-state index in [9.17, 15) is 14.9 Å². The van der Waals surface area contributed by atoms with Crippen molar-refractivity contribution in [2.45, 2.75) is 6.92 Å². The van der Waals surface area contributed by atoms with Gasteiger partial charge in [-0.15, -0.1) is 0 Å². The minimum Gasteiger partial charge on any atom is -0.395 e. The lowest BCUT2D eigenvalue weighted by atomic mass is 10.0. The van der Waals surface area contributed by atoms with Gasteiger partial charge in [0, 0.05) is 5.56 Å². The lowest BCUT2D eigenvalue weighted by Crippen LogP contribution is -2.10. The van der Waals surface area contributed by atoms with Gasteiger partial charge in [0.05, 0.1) is 6.07 Å². The largest absolute Gasteiger partial charge is 0.434 e. The minimum absolute atomic E-state index is 0.202. The Morgan fingerprint density at radius 3 is 2.67 bits per heavy atom. The van der Waals surface area contributed by atoms with Gasteiger partial charge in [-0.1, -0.05) is 29.8 Å². The summed E-state index contributed by atoms with van der Waals surface area (Å²) < 4.78 is 4.86. The molecule has 92 valence electrons. The van der Waals surface area contributed by atoms with E-state index < -0.39 is 16.7 Å². The number of nitrogens with two attached hydrogens (primary N) is 1. The molecule has 0 atom stereocenters. The molecule has 1 aromatic heterocycles. The fourth-order valence-electron chi connectivity index (χ4n) is 1.68. The van der Waals surface area contributed by atoms with Crippen molar-refractivity contribution in [2.24, 2.45) is 5.73 Å². The number of nitrogens with zero attached hydrogens (tertiary/aromatic N) is 1. The van der Waals surface area contributed by atoms with Crippen LogP contribution in [0.2, 0.25) is 0 Å². The highest BCUT2D eigenvalue weighted by Gasteiger charge is 2.23. The Balaban J connectivity index is 2.62. The summed E-state index contributed by atoms with van der Waals surface area (Å²) >= 11 is 0. The maximum atomic E-state index is 11.2. The zero-order valence-corrected chi connectivity index (χ0v) is 9.54. The number of aryl methyl sites for hydroxylation is 1. The van der Waals surface area contributed by atoms with E-state index in [4.69, 9.17) is 10.2 Å². The molecule has 0 bridgehead atoms. The first-order valence-corrected chi connectivity index (χ1v) is 5.14. The molecule has 1 heterocycles. The van der Waals surface area contributed by atoms with Gasteiger partial charge in [0.1, 0.15) is 4.92 Å². The predicted molar refractivity (Wildman–Crippen MR) is 64.1 cm³/mol. The van der Waals surface area contributed by atoms with E-state index in [1.807, 2.05) is 13.0 Å². The van der Waals surface area contributed by atoms with Crippen LogP contribution in [0.4, 0.5) is 5.88 Å². The van der Waals surface area contributed by atoms with Crippen molar-refractivity contribution in [3.05, 3.63) is 51.8 Å². The molecule has 0 radical (unpaired) electrons. The molecular weight excluding hydrogens is 236 g/mol. The van der Waals surface area contributed by atoms with Crippen LogP contribution in [0.25, 0.3) is 11.1 Å². The van der Waals surface area contributed by atoms with Crippen LogP contribution in [-0.4, -0.2) is 10.8 Å². The maximum Gasteiger partial charge on any atom is 0.434 e. The summed E-state index contributed by atoms with van der Waals surface area (Å²) in [5.41, 5.74) is 7.10. The normalized spacial score (nSPS) is 10.3. The lowest BCUT2D eigenvalue weighted by molar-refractivity contribution is -0.402. The van der Waals surface area contributed by atoms with E-state index in [0.717, 1.165) is 5.56 Å². The number of primary amides is 1. The summed E-state index contributed by atoms with van der Waals surface area (Å²) in [6.07, 6.45) is 0. The van der Waals surface area contributed by atoms with Crippen LogP contribution in [0.1, 0.15) is 16.1 Å². The number of rotatable bonds is 3. The number of amides is 1. The summed E-state index contributed by atoms with van der Waals surface area (Å²) in [4.78, 5) is 21.2. The predicted octanol–water partition coefficient (Wildman–Crippen LogP) is 2.26. The van der Waals surface area contributed by atoms with Crippen LogP contribution >= 0.6 is 0 Å². The molecular formula is C12H10N2O4. The molecule has 2 aromatic rings. The molecule has 2 N–H and O–H groups in total. The number of benzene rings is 1. The molecule has 0 spiro atoms. The third-order valence-electron chi connectivity index (χ3n) is 2.45. The summed E-state index contributed by atoms with van der Waals surface area (Å²) in [6.45, 7) is 1.88. The molecule has 0 aliphatic carbocycles. The quantitative estimate of drug-likeness (QED) is 0.663. The molecule has 0 saturated carbocycles. The summed E-state index contributed by atoms with van der Waals surface area (Å²) in [7, 11) is 0. The monoisotopic (exact) mass is 246 g/mol. The van der Waals surface area contributed by atoms with Crippen molar-refractivity contribution in [3.63, 3.8) is 0 Å². The van der Waals surface area contributed by atoms with E-state index in [-0.39, 0.29) is 5.76 Å². The number of furan rings is 1. The number of hydrogen-bond acceptors (Lipinski definition) is 4. The number of carbonyl (C=O) groups excluding carboxylic acids is 1. The first kappa shape index (κ1) is 11.8. The van der Waals surface area contributed by atoms with Gasteiger partial charge < -0.3 is 10.2 Å². The molecule has 0 saturated heterocycles. The maximum absolute atomic E-state index is 11.2. The van der Waals surface area contributed by atoms with Gasteiger partial charge in [-0.3, -0.25) is 14.9 Å². The van der Waals surface area contributed by atoms with Crippen LogP contribution in [0.5, 0.6) is 0 Å². The molecule has 0 fully saturated rings. The summed E-state index contributed by atoms with van der Waals surface area (Å²) in [6, 6.07) is 8.39. The average Bonchev–Trinajstić information content (AvgIpc) is 2.73. The van der Waals surface area contributed by atoms with Crippen molar-refractivity contribution >= 4 is 11.8 Å². The van der Waals surface area contributed by atoms with E-state index in [1.165, 1.54) is 6.07 Å². The van der Waals surface area contributed by atoms with Crippen LogP contribution in [0.3, 0.4) is 0 Å². The zero-order chi connectivity index (χ0) is 13.3. The van der Waals surface area contributed by atoms with Crippen molar-refractivity contribution in [3.8, 4) is 11.1 Å². The van der Waals surface area contributed by atoms with Crippen LogP contribution in [-0.2, 0) is 0 Å². The highest BCUT2D eigenvalue weighted by atomic mass is 16.6. The first-order valence-electron chi connectivity index (χ1n) is 5.14. The minimum atomic E-state index is -0.834. The number of nitro groups is 1. The van der Waals surface area contributed by atoms with E-state index in [2.05, 4.69) is 0 Å². The summed E-state index contributed by atoms with van der Waals surface area (Å²) in [5, 5.41) is 10.6. The zero-order valence-electron chi connectivity index (χ0n) is 9.54. The molecule has 6 nitrogen and oxygen atoms in total. The second kappa shape index (κ2) is 4.33. The molecule has 0 aliphatic heterocycles. The molecule has 0 aliphatic rings. The fourth-order valence-corrected chi connectivity index (χ4v) is 1.68. The van der Waals surface area contributed by atoms with Crippen molar-refractivity contribution in [1.82, 2.24) is 0 Å². The SMILES string of the molecule is Cc1cccc(-c2cc([N+](=O)[O-])oc2C(N)=O)c1. The standard InChI is InChI=1S/C12H10N2O4/c1-7-3-2-4-8(5-7)9-6-10(14(16)17)18-11(9)12(13)15/h2-6H,1H3,(H2,13,15). The second-order valence-corrected chi connectivity index (χ2v) is 3.82. The Morgan fingerprint density at radius 2 is 2.11 bits per heavy atom. The van der Waals surface area contributed by atoms with Crippen LogP contribution in [0.15, 0.2) is 34.7 Å². The third-order valence-corrected chi connectivity index (χ3v) is 2.45. The van der Waals surface area contributed by atoms with E-state index in [1.54, 1.807) is 18.2 Å². The van der Waals surface area contributed by atoms with Gasteiger partial charge >= 0.3 is 5.88 Å². The Bertz CT molecular complexity index is 631. The number of carbonyl (C=O) groups is 1. The average molecular weight is 246 g/mol. The molecule has 6 heteroatoms. The van der Waals surface area contributed by atoms with Gasteiger partial charge in [0.15, 0.2) is 0 Å². The van der Waals surface area contributed by atoms with Gasteiger partial charge in [0.2, 0.25) is 5.76 Å². The van der Waals surface area contributed by atoms with Gasteiger partial charge in [-0.2, -0.15) is 0 Å². The topological polar surface area (TPSA) is 99.4 Å². The lowest BCUT2D eigenvalue weighted by Gasteiger charge is -2.00. The second-order valence-electron chi connectivity index (χ2n) is 3.82. The number of hydrogen-bond donors (Lipinski definition) is 1. The van der Waals surface area contributed by atoms with Gasteiger partial charge in [-0.25, -0.2) is 0 Å². The molecule has 1 amide bonds. The fraction of sp³-hybridized carbons (Fsp3) is 0.0833. The highest BCUT2D eigenvalue weighted by molar-refractivity contribution is 5.97. The molecule has 0 unspecified atom stereocenters. The van der Waals surface area contributed by atoms with Gasteiger partial charge in [-0.05, 0) is 12.5 Å². The summed E-state index contributed by atoms with van der Waals surface area (Å²) in [5.74, 6) is -1.53. The smallest absolute Gasteiger partial charge is 0.395 e. The Kier molecular flexibility index (Phi) is 2.85. The molecule has 1 aromatic carbocycles. The van der Waals surface area contributed by atoms with Crippen LogP contribution in [0, 0.1) is 17.0 Å². The van der Waals surface area contributed by atoms with E-state index in [0.29, 0.717) is 11.1 Å². The molecule has 18 heavy (non-hydrogen) atoms. The first-order chi connectivity index (χ1) is 8.49. The molecule has 2 rings (SSSR count). The Morgan fingerprint density at radius 1 is 1.39 bits per heavy atom. The Labute approximate surface area is 102 Å². The third kappa shape index (κ3) is 2.08. The van der Waals surface area contributed by atoms with Crippen molar-refractivity contribution < 1.29 is 14.1 Å². The van der Waals surface area contributed by atoms with Crippen molar-refractivity contribution in [2.75, 3.05) is 0 Å². The Hall–Kier alpha value is -2.63. The highest BCUT2D eigenvalue weighted by Crippen LogP contribution is 2.31. The van der Waals surface area contributed by atoms with Gasteiger partial charge in [0.25, 0.3) is 5.91 Å².